The summed E-state index contributed by atoms with van der Waals surface area (Å²) in [5.74, 6) is 0.182. The molecule has 0 radical (unpaired) electrons. The Bertz CT molecular complexity index is 704. The van der Waals surface area contributed by atoms with Crippen molar-refractivity contribution in [2.45, 2.75) is 18.0 Å². The molecule has 0 fully saturated rings. The Balaban J connectivity index is 2.29. The molecule has 7 nitrogen and oxygen atoms in total. The molecule has 0 unspecified atom stereocenters. The normalized spacial score (nSPS) is 11.8. The summed E-state index contributed by atoms with van der Waals surface area (Å²) in [6.07, 6.45) is 1.09. The van der Waals surface area contributed by atoms with Gasteiger partial charge in [-0.3, -0.25) is 0 Å². The number of nitrogens with one attached hydrogen (secondary N) is 1. The highest BCUT2D eigenvalue weighted by molar-refractivity contribution is 7.89. The lowest BCUT2D eigenvalue weighted by atomic mass is 10.2. The van der Waals surface area contributed by atoms with E-state index in [0.717, 1.165) is 6.39 Å². The summed E-state index contributed by atoms with van der Waals surface area (Å²) in [4.78, 5) is 3.50. The largest absolute Gasteiger partial charge is 0.392 e. The molecule has 0 spiro atoms. The molecule has 0 saturated heterocycles. The molecule has 1 heterocycles. The Morgan fingerprint density at radius 3 is 2.65 bits per heavy atom. The van der Waals surface area contributed by atoms with Crippen LogP contribution in [0.3, 0.4) is 0 Å². The molecular weight excluding hydrogens is 329 g/mol. The van der Waals surface area contributed by atoms with Gasteiger partial charge in [-0.25, -0.2) is 13.1 Å². The van der Waals surface area contributed by atoms with Crippen molar-refractivity contribution >= 4 is 33.2 Å². The maximum atomic E-state index is 12.1. The van der Waals surface area contributed by atoms with E-state index in [1.54, 1.807) is 0 Å². The average Bonchev–Trinajstić information content (AvgIpc) is 2.89. The smallest absolute Gasteiger partial charge is 0.242 e. The Morgan fingerprint density at radius 2 is 2.05 bits per heavy atom. The topological polar surface area (TPSA) is 105 Å². The number of sulfonamides is 1. The van der Waals surface area contributed by atoms with Crippen LogP contribution in [0.5, 0.6) is 0 Å². The van der Waals surface area contributed by atoms with Crippen molar-refractivity contribution in [3.05, 3.63) is 40.0 Å². The summed E-state index contributed by atoms with van der Waals surface area (Å²) in [6.45, 7) is -0.546. The molecule has 0 aliphatic carbocycles. The molecule has 2 rings (SSSR count). The van der Waals surface area contributed by atoms with Crippen LogP contribution < -0.4 is 4.72 Å². The lowest BCUT2D eigenvalue weighted by Gasteiger charge is -2.09. The number of hydrogen-bond donors (Lipinski definition) is 2. The molecule has 0 aliphatic rings. The number of nitrogens with zero attached hydrogens (tertiary/aromatic N) is 2. The first kappa shape index (κ1) is 15.2. The zero-order valence-corrected chi connectivity index (χ0v) is 12.2. The van der Waals surface area contributed by atoms with Crippen molar-refractivity contribution in [1.29, 1.82) is 0 Å². The van der Waals surface area contributed by atoms with Crippen molar-refractivity contribution < 1.29 is 18.0 Å². The highest BCUT2D eigenvalue weighted by atomic mass is 35.5. The molecule has 0 atom stereocenters. The van der Waals surface area contributed by atoms with E-state index in [4.69, 9.17) is 28.3 Å². The first-order chi connectivity index (χ1) is 9.44. The van der Waals surface area contributed by atoms with E-state index in [9.17, 15) is 8.42 Å². The standard InChI is InChI=1S/C10H9Cl2N3O4S/c11-7-2-8(12)9(1-6(7)4-16)20(17,18)14-3-10-13-5-19-15-10/h1-2,5,14,16H,3-4H2. The number of aliphatic hydroxyl groups is 1. The number of rotatable bonds is 5. The van der Waals surface area contributed by atoms with Gasteiger partial charge in [-0.05, 0) is 17.7 Å². The van der Waals surface area contributed by atoms with Crippen molar-refractivity contribution in [2.75, 3.05) is 0 Å². The molecule has 2 aromatic rings. The summed E-state index contributed by atoms with van der Waals surface area (Å²) >= 11 is 11.7. The van der Waals surface area contributed by atoms with Crippen LogP contribution in [0, 0.1) is 0 Å². The van der Waals surface area contributed by atoms with Crippen LogP contribution in [0.1, 0.15) is 11.4 Å². The fraction of sp³-hybridized carbons (Fsp3) is 0.200. The van der Waals surface area contributed by atoms with E-state index in [2.05, 4.69) is 19.4 Å². The maximum Gasteiger partial charge on any atom is 0.242 e. The Morgan fingerprint density at radius 1 is 1.30 bits per heavy atom. The van der Waals surface area contributed by atoms with Gasteiger partial charge >= 0.3 is 0 Å². The molecule has 20 heavy (non-hydrogen) atoms. The van der Waals surface area contributed by atoms with E-state index in [0.29, 0.717) is 0 Å². The van der Waals surface area contributed by atoms with E-state index in [-0.39, 0.29) is 32.9 Å². The highest BCUT2D eigenvalue weighted by Gasteiger charge is 2.20. The second-order valence-electron chi connectivity index (χ2n) is 3.70. The summed E-state index contributed by atoms with van der Waals surface area (Å²) < 4.78 is 31.0. The molecule has 1 aromatic heterocycles. The van der Waals surface area contributed by atoms with Gasteiger partial charge in [0.15, 0.2) is 5.82 Å². The van der Waals surface area contributed by atoms with Gasteiger partial charge in [-0.1, -0.05) is 28.4 Å². The third-order valence-electron chi connectivity index (χ3n) is 2.39. The van der Waals surface area contributed by atoms with Crippen LogP contribution in [-0.4, -0.2) is 23.7 Å². The molecule has 1 aromatic carbocycles. The van der Waals surface area contributed by atoms with Gasteiger partial charge in [-0.15, -0.1) is 0 Å². The van der Waals surface area contributed by atoms with Gasteiger partial charge < -0.3 is 9.63 Å². The van der Waals surface area contributed by atoms with Crippen molar-refractivity contribution in [1.82, 2.24) is 14.9 Å². The molecule has 0 aliphatic heterocycles. The first-order valence-electron chi connectivity index (χ1n) is 5.27. The number of aliphatic hydroxyl groups excluding tert-OH is 1. The zero-order chi connectivity index (χ0) is 14.8. The van der Waals surface area contributed by atoms with Crippen molar-refractivity contribution in [2.24, 2.45) is 0 Å². The number of benzene rings is 1. The second-order valence-corrected chi connectivity index (χ2v) is 6.25. The van der Waals surface area contributed by atoms with Crippen LogP contribution in [0.4, 0.5) is 0 Å². The Labute approximate surface area is 124 Å². The molecule has 0 saturated carbocycles. The van der Waals surface area contributed by atoms with Gasteiger partial charge in [0.1, 0.15) is 4.90 Å². The lowest BCUT2D eigenvalue weighted by molar-refractivity contribution is 0.281. The quantitative estimate of drug-likeness (QED) is 0.852. The zero-order valence-electron chi connectivity index (χ0n) is 9.88. The SMILES string of the molecule is O=S(=O)(NCc1ncon1)c1cc(CO)c(Cl)cc1Cl. The summed E-state index contributed by atoms with van der Waals surface area (Å²) in [6, 6.07) is 2.47. The van der Waals surface area contributed by atoms with Crippen molar-refractivity contribution in [3.63, 3.8) is 0 Å². The minimum Gasteiger partial charge on any atom is -0.392 e. The minimum absolute atomic E-state index is 0.0483. The average molecular weight is 338 g/mol. The molecule has 0 bridgehead atoms. The molecule has 108 valence electrons. The molecule has 0 amide bonds. The fourth-order valence-corrected chi connectivity index (χ4v) is 3.24. The van der Waals surface area contributed by atoms with Crippen LogP contribution >= 0.6 is 23.2 Å². The van der Waals surface area contributed by atoms with Crippen LogP contribution in [-0.2, 0) is 23.2 Å². The van der Waals surface area contributed by atoms with Gasteiger partial charge in [0.2, 0.25) is 16.4 Å². The predicted molar refractivity (Wildman–Crippen MR) is 70.7 cm³/mol. The van der Waals surface area contributed by atoms with Gasteiger partial charge in [0.05, 0.1) is 18.2 Å². The predicted octanol–water partition coefficient (Wildman–Crippen LogP) is 1.35. The number of aromatic nitrogens is 2. The second kappa shape index (κ2) is 6.06. The summed E-state index contributed by atoms with van der Waals surface area (Å²) in [5, 5.41) is 12.7. The van der Waals surface area contributed by atoms with Gasteiger partial charge in [-0.2, -0.15) is 4.98 Å². The molecular formula is C10H9Cl2N3O4S. The van der Waals surface area contributed by atoms with E-state index in [1.807, 2.05) is 0 Å². The van der Waals surface area contributed by atoms with Crippen LogP contribution in [0.2, 0.25) is 10.0 Å². The monoisotopic (exact) mass is 337 g/mol. The third-order valence-corrected chi connectivity index (χ3v) is 4.61. The van der Waals surface area contributed by atoms with Crippen LogP contribution in [0.15, 0.2) is 27.9 Å². The highest BCUT2D eigenvalue weighted by Crippen LogP contribution is 2.28. The fourth-order valence-electron chi connectivity index (χ4n) is 1.41. The number of halogens is 2. The summed E-state index contributed by atoms with van der Waals surface area (Å²) in [5.41, 5.74) is 0.260. The van der Waals surface area contributed by atoms with Gasteiger partial charge in [0.25, 0.3) is 0 Å². The van der Waals surface area contributed by atoms with E-state index >= 15 is 0 Å². The third kappa shape index (κ3) is 3.28. The lowest BCUT2D eigenvalue weighted by Crippen LogP contribution is -2.24. The Hall–Kier alpha value is -1.19. The maximum absolute atomic E-state index is 12.1. The minimum atomic E-state index is -3.89. The van der Waals surface area contributed by atoms with E-state index < -0.39 is 16.6 Å². The molecule has 2 N–H and O–H groups in total. The van der Waals surface area contributed by atoms with Gasteiger partial charge in [0, 0.05) is 5.02 Å². The van der Waals surface area contributed by atoms with Crippen molar-refractivity contribution in [3.8, 4) is 0 Å². The van der Waals surface area contributed by atoms with Crippen LogP contribution in [0.25, 0.3) is 0 Å². The number of hydrogen-bond acceptors (Lipinski definition) is 6. The van der Waals surface area contributed by atoms with E-state index in [1.165, 1.54) is 12.1 Å². The summed E-state index contributed by atoms with van der Waals surface area (Å²) in [7, 11) is -3.89. The first-order valence-corrected chi connectivity index (χ1v) is 7.51. The Kier molecular flexibility index (Phi) is 4.61. The molecule has 10 heteroatoms.